The molecule has 0 saturated carbocycles. The van der Waals surface area contributed by atoms with Gasteiger partial charge in [-0.25, -0.2) is 4.39 Å². The summed E-state index contributed by atoms with van der Waals surface area (Å²) in [6.45, 7) is 4.15. The average molecular weight is 442 g/mol. The molecule has 2 aromatic rings. The van der Waals surface area contributed by atoms with Gasteiger partial charge in [-0.15, -0.1) is 0 Å². The van der Waals surface area contributed by atoms with Gasteiger partial charge in [0, 0.05) is 35.6 Å². The van der Waals surface area contributed by atoms with Gasteiger partial charge in [0.1, 0.15) is 5.82 Å². The standard InChI is InChI=1S/C24H28FN3O4/c1-14-20(13-18-17-12-16(25)9-10-19(17)28-23(18)31)27-15(2)22(14)24(32)26-11-7-5-3-4-6-8-21(29)30/h9-10,12-13,27H,3-8,11H2,1-2H3,(H,26,32)(H,28,31)(H,29,30). The number of hydrogen-bond donors (Lipinski definition) is 4. The second-order valence-electron chi connectivity index (χ2n) is 8.03. The number of hydrogen-bond acceptors (Lipinski definition) is 3. The number of H-pyrrole nitrogens is 1. The molecule has 1 aromatic heterocycles. The monoisotopic (exact) mass is 441 g/mol. The van der Waals surface area contributed by atoms with Crippen LogP contribution in [-0.2, 0) is 9.59 Å². The van der Waals surface area contributed by atoms with Gasteiger partial charge in [0.05, 0.1) is 11.1 Å². The van der Waals surface area contributed by atoms with Gasteiger partial charge in [-0.3, -0.25) is 14.4 Å². The van der Waals surface area contributed by atoms with Crippen LogP contribution in [0.1, 0.15) is 71.4 Å². The van der Waals surface area contributed by atoms with Gasteiger partial charge >= 0.3 is 5.97 Å². The van der Waals surface area contributed by atoms with Gasteiger partial charge in [0.25, 0.3) is 11.8 Å². The SMILES string of the molecule is Cc1[nH]c(C=C2C(=O)Nc3ccc(F)cc32)c(C)c1C(=O)NCCCCCCCC(=O)O. The Morgan fingerprint density at radius 2 is 1.84 bits per heavy atom. The number of aromatic nitrogens is 1. The van der Waals surface area contributed by atoms with Crippen LogP contribution >= 0.6 is 0 Å². The topological polar surface area (TPSA) is 111 Å². The molecule has 7 nitrogen and oxygen atoms in total. The maximum atomic E-state index is 13.7. The van der Waals surface area contributed by atoms with Gasteiger partial charge in [0.2, 0.25) is 0 Å². The molecule has 0 atom stereocenters. The lowest BCUT2D eigenvalue weighted by atomic mass is 10.0. The van der Waals surface area contributed by atoms with Crippen molar-refractivity contribution in [1.29, 1.82) is 0 Å². The van der Waals surface area contributed by atoms with Crippen LogP contribution in [0.5, 0.6) is 0 Å². The number of rotatable bonds is 10. The Morgan fingerprint density at radius 3 is 2.59 bits per heavy atom. The molecule has 2 heterocycles. The zero-order valence-corrected chi connectivity index (χ0v) is 18.3. The quantitative estimate of drug-likeness (QED) is 0.323. The van der Waals surface area contributed by atoms with Crippen molar-refractivity contribution in [2.24, 2.45) is 0 Å². The first-order chi connectivity index (χ1) is 15.3. The van der Waals surface area contributed by atoms with Crippen LogP contribution in [0, 0.1) is 19.7 Å². The van der Waals surface area contributed by atoms with E-state index in [2.05, 4.69) is 15.6 Å². The summed E-state index contributed by atoms with van der Waals surface area (Å²) in [6.07, 6.45) is 6.08. The number of nitrogens with one attached hydrogen (secondary N) is 3. The van der Waals surface area contributed by atoms with Crippen molar-refractivity contribution in [2.75, 3.05) is 11.9 Å². The predicted octanol–water partition coefficient (Wildman–Crippen LogP) is 4.42. The van der Waals surface area contributed by atoms with Crippen molar-refractivity contribution >= 4 is 35.1 Å². The molecule has 2 amide bonds. The Labute approximate surface area is 186 Å². The third-order valence-corrected chi connectivity index (χ3v) is 5.61. The van der Waals surface area contributed by atoms with E-state index in [-0.39, 0.29) is 18.2 Å². The fourth-order valence-electron chi connectivity index (χ4n) is 3.93. The van der Waals surface area contributed by atoms with Gasteiger partial charge < -0.3 is 20.7 Å². The molecule has 3 rings (SSSR count). The molecular weight excluding hydrogens is 413 g/mol. The maximum Gasteiger partial charge on any atom is 0.303 e. The Bertz CT molecular complexity index is 1070. The highest BCUT2D eigenvalue weighted by Gasteiger charge is 2.26. The first-order valence-corrected chi connectivity index (χ1v) is 10.8. The van der Waals surface area contributed by atoms with Crippen LogP contribution in [0.15, 0.2) is 18.2 Å². The van der Waals surface area contributed by atoms with Gasteiger partial charge in [-0.2, -0.15) is 0 Å². The summed E-state index contributed by atoms with van der Waals surface area (Å²) in [5.41, 5.74) is 3.99. The maximum absolute atomic E-state index is 13.7. The largest absolute Gasteiger partial charge is 0.481 e. The number of unbranched alkanes of at least 4 members (excludes halogenated alkanes) is 4. The third kappa shape index (κ3) is 5.43. The van der Waals surface area contributed by atoms with E-state index >= 15 is 0 Å². The summed E-state index contributed by atoms with van der Waals surface area (Å²) in [5.74, 6) is -1.69. The van der Waals surface area contributed by atoms with Crippen LogP contribution in [0.3, 0.4) is 0 Å². The Kier molecular flexibility index (Phi) is 7.45. The van der Waals surface area contributed by atoms with Crippen LogP contribution in [-0.4, -0.2) is 34.4 Å². The summed E-state index contributed by atoms with van der Waals surface area (Å²) in [5, 5.41) is 14.3. The molecule has 170 valence electrons. The lowest BCUT2D eigenvalue weighted by molar-refractivity contribution is -0.137. The number of aryl methyl sites for hydroxylation is 1. The summed E-state index contributed by atoms with van der Waals surface area (Å²) < 4.78 is 13.7. The number of aromatic amines is 1. The molecule has 1 aliphatic heterocycles. The van der Waals surface area contributed by atoms with E-state index in [1.54, 1.807) is 13.0 Å². The molecule has 0 aliphatic carbocycles. The second-order valence-corrected chi connectivity index (χ2v) is 8.03. The average Bonchev–Trinajstić information content (AvgIpc) is 3.19. The van der Waals surface area contributed by atoms with E-state index in [9.17, 15) is 18.8 Å². The number of carbonyl (C=O) groups excluding carboxylic acids is 2. The van der Waals surface area contributed by atoms with Crippen LogP contribution < -0.4 is 10.6 Å². The minimum Gasteiger partial charge on any atom is -0.481 e. The summed E-state index contributed by atoms with van der Waals surface area (Å²) in [6, 6.07) is 4.14. The molecule has 0 bridgehead atoms. The summed E-state index contributed by atoms with van der Waals surface area (Å²) in [7, 11) is 0. The van der Waals surface area contributed by atoms with Crippen LogP contribution in [0.4, 0.5) is 10.1 Å². The van der Waals surface area contributed by atoms with E-state index in [0.717, 1.165) is 31.2 Å². The van der Waals surface area contributed by atoms with E-state index in [0.29, 0.717) is 46.7 Å². The highest BCUT2D eigenvalue weighted by molar-refractivity contribution is 6.34. The zero-order chi connectivity index (χ0) is 23.3. The molecule has 1 aromatic carbocycles. The number of carboxylic acids is 1. The Hall–Kier alpha value is -3.42. The van der Waals surface area contributed by atoms with Crippen molar-refractivity contribution in [1.82, 2.24) is 10.3 Å². The zero-order valence-electron chi connectivity index (χ0n) is 18.3. The van der Waals surface area contributed by atoms with Crippen molar-refractivity contribution in [2.45, 2.75) is 52.4 Å². The number of amides is 2. The molecule has 8 heteroatoms. The van der Waals surface area contributed by atoms with E-state index in [1.165, 1.54) is 18.2 Å². The van der Waals surface area contributed by atoms with Crippen molar-refractivity contribution in [3.63, 3.8) is 0 Å². The van der Waals surface area contributed by atoms with Crippen LogP contribution in [0.2, 0.25) is 0 Å². The lowest BCUT2D eigenvalue weighted by Crippen LogP contribution is -2.25. The number of aliphatic carboxylic acids is 1. The molecule has 1 aliphatic rings. The number of carboxylic acid groups (broad SMARTS) is 1. The highest BCUT2D eigenvalue weighted by atomic mass is 19.1. The summed E-state index contributed by atoms with van der Waals surface area (Å²) in [4.78, 5) is 38.7. The molecular formula is C24H28FN3O4. The Morgan fingerprint density at radius 1 is 1.12 bits per heavy atom. The number of anilines is 1. The van der Waals surface area contributed by atoms with Gasteiger partial charge in [-0.1, -0.05) is 19.3 Å². The lowest BCUT2D eigenvalue weighted by Gasteiger charge is -2.06. The van der Waals surface area contributed by atoms with E-state index in [4.69, 9.17) is 5.11 Å². The molecule has 4 N–H and O–H groups in total. The van der Waals surface area contributed by atoms with Gasteiger partial charge in [-0.05, 0) is 56.5 Å². The Balaban J connectivity index is 1.61. The predicted molar refractivity (Wildman–Crippen MR) is 121 cm³/mol. The second kappa shape index (κ2) is 10.3. The highest BCUT2D eigenvalue weighted by Crippen LogP contribution is 2.34. The first kappa shape index (κ1) is 23.2. The fourth-order valence-corrected chi connectivity index (χ4v) is 3.93. The van der Waals surface area contributed by atoms with Crippen molar-refractivity contribution in [3.8, 4) is 0 Å². The minimum absolute atomic E-state index is 0.186. The first-order valence-electron chi connectivity index (χ1n) is 10.8. The molecule has 0 unspecified atom stereocenters. The number of fused-ring (bicyclic) bond motifs is 1. The molecule has 0 saturated heterocycles. The molecule has 0 spiro atoms. The van der Waals surface area contributed by atoms with Crippen LogP contribution in [0.25, 0.3) is 11.6 Å². The fraction of sp³-hybridized carbons (Fsp3) is 0.375. The number of carbonyl (C=O) groups is 3. The normalized spacial score (nSPS) is 13.8. The van der Waals surface area contributed by atoms with Gasteiger partial charge in [0.15, 0.2) is 0 Å². The number of halogens is 1. The summed E-state index contributed by atoms with van der Waals surface area (Å²) >= 11 is 0. The number of benzene rings is 1. The molecule has 32 heavy (non-hydrogen) atoms. The van der Waals surface area contributed by atoms with E-state index in [1.807, 2.05) is 6.92 Å². The minimum atomic E-state index is -0.769. The molecule has 0 fully saturated rings. The van der Waals surface area contributed by atoms with E-state index < -0.39 is 11.8 Å². The molecule has 0 radical (unpaired) electrons. The smallest absolute Gasteiger partial charge is 0.303 e. The third-order valence-electron chi connectivity index (χ3n) is 5.61. The van der Waals surface area contributed by atoms with Crippen molar-refractivity contribution < 1.29 is 23.9 Å². The van der Waals surface area contributed by atoms with Crippen molar-refractivity contribution in [3.05, 3.63) is 52.1 Å².